The molecule has 1 N–H and O–H groups in total. The molecule has 1 atom stereocenters. The zero-order chi connectivity index (χ0) is 17.7. The summed E-state index contributed by atoms with van der Waals surface area (Å²) < 4.78 is 6.30. The molecular formula is C19H27NO3Si. The molecule has 0 bridgehead atoms. The molecule has 1 aromatic carbocycles. The molecule has 1 amide bonds. The molecule has 3 rings (SSSR count). The number of aliphatic hydroxyl groups excluding tert-OH is 1. The summed E-state index contributed by atoms with van der Waals surface area (Å²) in [6.07, 6.45) is 1.92. The van der Waals surface area contributed by atoms with Crippen LogP contribution in [0.2, 0.25) is 18.1 Å². The Labute approximate surface area is 145 Å². The number of fused-ring (bicyclic) bond motifs is 1. The fourth-order valence-electron chi connectivity index (χ4n) is 3.20. The van der Waals surface area contributed by atoms with E-state index in [9.17, 15) is 9.90 Å². The van der Waals surface area contributed by atoms with E-state index in [4.69, 9.17) is 4.43 Å². The molecule has 2 aliphatic heterocycles. The van der Waals surface area contributed by atoms with Crippen molar-refractivity contribution in [3.63, 3.8) is 0 Å². The summed E-state index contributed by atoms with van der Waals surface area (Å²) in [6.45, 7) is 11.8. The van der Waals surface area contributed by atoms with Crippen molar-refractivity contribution in [2.24, 2.45) is 0 Å². The van der Waals surface area contributed by atoms with Crippen molar-refractivity contribution in [3.05, 3.63) is 35.6 Å². The highest BCUT2D eigenvalue weighted by atomic mass is 28.4. The van der Waals surface area contributed by atoms with Crippen LogP contribution in [0.3, 0.4) is 0 Å². The van der Waals surface area contributed by atoms with E-state index in [1.54, 1.807) is 4.90 Å². The van der Waals surface area contributed by atoms with E-state index in [1.807, 2.05) is 24.3 Å². The summed E-state index contributed by atoms with van der Waals surface area (Å²) in [5, 5.41) is 10.4. The molecule has 0 spiro atoms. The van der Waals surface area contributed by atoms with Gasteiger partial charge in [0.05, 0.1) is 6.04 Å². The molecule has 2 heterocycles. The second-order valence-electron chi connectivity index (χ2n) is 8.31. The van der Waals surface area contributed by atoms with Crippen molar-refractivity contribution in [3.8, 4) is 5.75 Å². The van der Waals surface area contributed by atoms with Crippen LogP contribution in [0.5, 0.6) is 5.75 Å². The predicted octanol–water partition coefficient (Wildman–Crippen LogP) is 4.34. The molecule has 0 unspecified atom stereocenters. The molecule has 1 aromatic rings. The molecule has 0 aliphatic carbocycles. The van der Waals surface area contributed by atoms with Crippen LogP contribution < -0.4 is 4.43 Å². The Morgan fingerprint density at radius 2 is 1.83 bits per heavy atom. The standard InChI is InChI=1S/C19H27NO3Si/c1-19(2,3)24(4,5)23-14-10-8-13(9-11-14)16-15-7-6-12-20(15)18(22)17(16)21/h8-11,15,21H,6-7,12H2,1-5H3/t15-/m0/s1. The summed E-state index contributed by atoms with van der Waals surface area (Å²) in [4.78, 5) is 13.9. The van der Waals surface area contributed by atoms with Gasteiger partial charge >= 0.3 is 0 Å². The third kappa shape index (κ3) is 2.75. The molecule has 2 aliphatic rings. The summed E-state index contributed by atoms with van der Waals surface area (Å²) >= 11 is 0. The minimum atomic E-state index is -1.86. The number of hydrogen-bond acceptors (Lipinski definition) is 3. The number of benzene rings is 1. The van der Waals surface area contributed by atoms with Crippen LogP contribution in [0.4, 0.5) is 0 Å². The topological polar surface area (TPSA) is 49.8 Å². The van der Waals surface area contributed by atoms with E-state index in [-0.39, 0.29) is 22.7 Å². The zero-order valence-corrected chi connectivity index (χ0v) is 16.2. The van der Waals surface area contributed by atoms with Gasteiger partial charge in [0, 0.05) is 12.1 Å². The van der Waals surface area contributed by atoms with Crippen LogP contribution in [-0.4, -0.2) is 36.8 Å². The molecule has 0 saturated carbocycles. The van der Waals surface area contributed by atoms with Crippen LogP contribution in [0.1, 0.15) is 39.2 Å². The summed E-state index contributed by atoms with van der Waals surface area (Å²) in [5.41, 5.74) is 1.69. The lowest BCUT2D eigenvalue weighted by molar-refractivity contribution is -0.128. The number of hydrogen-bond donors (Lipinski definition) is 1. The monoisotopic (exact) mass is 345 g/mol. The first-order valence-electron chi connectivity index (χ1n) is 8.65. The molecule has 5 heteroatoms. The average molecular weight is 346 g/mol. The Morgan fingerprint density at radius 1 is 1.21 bits per heavy atom. The van der Waals surface area contributed by atoms with Crippen LogP contribution in [0.15, 0.2) is 30.0 Å². The molecule has 130 valence electrons. The molecule has 1 saturated heterocycles. The van der Waals surface area contributed by atoms with Gasteiger partial charge in [0.15, 0.2) is 5.76 Å². The largest absolute Gasteiger partial charge is 0.544 e. The van der Waals surface area contributed by atoms with Crippen molar-refractivity contribution < 1.29 is 14.3 Å². The Bertz CT molecular complexity index is 686. The Balaban J connectivity index is 1.84. The summed E-state index contributed by atoms with van der Waals surface area (Å²) in [5.74, 6) is 0.546. The highest BCUT2D eigenvalue weighted by Crippen LogP contribution is 2.40. The minimum absolute atomic E-state index is 0.0321. The van der Waals surface area contributed by atoms with Gasteiger partial charge in [0.2, 0.25) is 8.32 Å². The van der Waals surface area contributed by atoms with Gasteiger partial charge in [-0.2, -0.15) is 0 Å². The molecule has 0 aromatic heterocycles. The maximum atomic E-state index is 12.1. The Hall–Kier alpha value is -1.75. The fourth-order valence-corrected chi connectivity index (χ4v) is 4.23. The number of amides is 1. The average Bonchev–Trinajstić information content (AvgIpc) is 3.03. The van der Waals surface area contributed by atoms with Crippen molar-refractivity contribution in [1.82, 2.24) is 4.90 Å². The first-order chi connectivity index (χ1) is 11.1. The number of carbonyl (C=O) groups is 1. The van der Waals surface area contributed by atoms with Gasteiger partial charge in [-0.3, -0.25) is 4.79 Å². The SMILES string of the molecule is CC(C)(C)[Si](C)(C)Oc1ccc(C2=C(O)C(=O)N3CCC[C@@H]23)cc1. The van der Waals surface area contributed by atoms with Crippen LogP contribution in [0.25, 0.3) is 5.57 Å². The van der Waals surface area contributed by atoms with Crippen LogP contribution in [0, 0.1) is 0 Å². The van der Waals surface area contributed by atoms with E-state index in [0.29, 0.717) is 0 Å². The third-order valence-electron chi connectivity index (χ3n) is 5.65. The maximum Gasteiger partial charge on any atom is 0.289 e. The van der Waals surface area contributed by atoms with Gasteiger partial charge in [0.25, 0.3) is 5.91 Å². The van der Waals surface area contributed by atoms with E-state index < -0.39 is 8.32 Å². The lowest BCUT2D eigenvalue weighted by Gasteiger charge is -2.36. The van der Waals surface area contributed by atoms with Crippen molar-refractivity contribution >= 4 is 19.8 Å². The predicted molar refractivity (Wildman–Crippen MR) is 98.6 cm³/mol. The van der Waals surface area contributed by atoms with Crippen molar-refractivity contribution in [1.29, 1.82) is 0 Å². The minimum Gasteiger partial charge on any atom is -0.544 e. The number of carbonyl (C=O) groups excluding carboxylic acids is 1. The summed E-state index contributed by atoms with van der Waals surface area (Å²) in [7, 11) is -1.86. The second-order valence-corrected chi connectivity index (χ2v) is 13.0. The van der Waals surface area contributed by atoms with E-state index in [1.165, 1.54) is 0 Å². The first-order valence-corrected chi connectivity index (χ1v) is 11.6. The lowest BCUT2D eigenvalue weighted by Crippen LogP contribution is -2.43. The number of rotatable bonds is 3. The van der Waals surface area contributed by atoms with E-state index >= 15 is 0 Å². The number of aliphatic hydroxyl groups is 1. The first kappa shape index (κ1) is 17.1. The summed E-state index contributed by atoms with van der Waals surface area (Å²) in [6, 6.07) is 7.87. The maximum absolute atomic E-state index is 12.1. The molecular weight excluding hydrogens is 318 g/mol. The normalized spacial score (nSPS) is 21.5. The quantitative estimate of drug-likeness (QED) is 0.829. The highest BCUT2D eigenvalue weighted by molar-refractivity contribution is 6.74. The van der Waals surface area contributed by atoms with Crippen molar-refractivity contribution in [2.45, 2.75) is 57.8 Å². The molecule has 24 heavy (non-hydrogen) atoms. The van der Waals surface area contributed by atoms with E-state index in [2.05, 4.69) is 33.9 Å². The second kappa shape index (κ2) is 5.65. The van der Waals surface area contributed by atoms with Crippen LogP contribution >= 0.6 is 0 Å². The van der Waals surface area contributed by atoms with Crippen LogP contribution in [-0.2, 0) is 4.79 Å². The molecule has 4 nitrogen and oxygen atoms in total. The molecule has 1 fully saturated rings. The smallest absolute Gasteiger partial charge is 0.289 e. The van der Waals surface area contributed by atoms with Crippen molar-refractivity contribution in [2.75, 3.05) is 6.54 Å². The Morgan fingerprint density at radius 3 is 2.42 bits per heavy atom. The van der Waals surface area contributed by atoms with Gasteiger partial charge in [-0.15, -0.1) is 0 Å². The van der Waals surface area contributed by atoms with Gasteiger partial charge in [-0.1, -0.05) is 32.9 Å². The lowest BCUT2D eigenvalue weighted by atomic mass is 9.98. The van der Waals surface area contributed by atoms with Gasteiger partial charge < -0.3 is 14.4 Å². The molecule has 0 radical (unpaired) electrons. The zero-order valence-electron chi connectivity index (χ0n) is 15.2. The van der Waals surface area contributed by atoms with E-state index in [0.717, 1.165) is 36.3 Å². The third-order valence-corrected chi connectivity index (χ3v) is 10.0. The highest BCUT2D eigenvalue weighted by Gasteiger charge is 2.42. The number of nitrogens with zero attached hydrogens (tertiary/aromatic N) is 1. The Kier molecular flexibility index (Phi) is 4.02. The van der Waals surface area contributed by atoms with Gasteiger partial charge in [-0.25, -0.2) is 0 Å². The fraction of sp³-hybridized carbons (Fsp3) is 0.526. The van der Waals surface area contributed by atoms with Gasteiger partial charge in [-0.05, 0) is 48.7 Å². The van der Waals surface area contributed by atoms with Gasteiger partial charge in [0.1, 0.15) is 5.75 Å².